The van der Waals surface area contributed by atoms with Crippen molar-refractivity contribution in [3.8, 4) is 0 Å². The smallest absolute Gasteiger partial charge is 0.0437 e. The Kier molecular flexibility index (Phi) is 4.58. The molecule has 0 saturated carbocycles. The number of nitrogens with one attached hydrogen (secondary N) is 1. The molecule has 1 aromatic heterocycles. The van der Waals surface area contributed by atoms with Crippen molar-refractivity contribution in [3.05, 3.63) is 30.6 Å². The van der Waals surface area contributed by atoms with Crippen LogP contribution in [0.2, 0.25) is 0 Å². The van der Waals surface area contributed by atoms with E-state index in [2.05, 4.69) is 29.0 Å². The first kappa shape index (κ1) is 13.6. The van der Waals surface area contributed by atoms with Crippen LogP contribution in [0.4, 0.5) is 11.4 Å². The zero-order valence-corrected chi connectivity index (χ0v) is 11.7. The minimum atomic E-state index is 0.798. The van der Waals surface area contributed by atoms with E-state index in [4.69, 9.17) is 5.73 Å². The van der Waals surface area contributed by atoms with Crippen LogP contribution in [0, 0.1) is 0 Å². The van der Waals surface area contributed by atoms with E-state index in [0.29, 0.717) is 0 Å². The van der Waals surface area contributed by atoms with Crippen LogP contribution in [0.25, 0.3) is 10.8 Å². The Morgan fingerprint density at radius 3 is 2.68 bits per heavy atom. The van der Waals surface area contributed by atoms with Crippen molar-refractivity contribution in [2.45, 2.75) is 13.8 Å². The van der Waals surface area contributed by atoms with Gasteiger partial charge in [-0.25, -0.2) is 0 Å². The van der Waals surface area contributed by atoms with Crippen LogP contribution in [-0.4, -0.2) is 36.1 Å². The Bertz CT molecular complexity index is 535. The van der Waals surface area contributed by atoms with E-state index in [9.17, 15) is 0 Å². The molecule has 0 bridgehead atoms. The second-order valence-electron chi connectivity index (χ2n) is 4.58. The summed E-state index contributed by atoms with van der Waals surface area (Å²) in [7, 11) is 0. The number of likely N-dealkylation sites (N-methyl/N-ethyl adjacent to an activating group) is 1. The number of benzene rings is 1. The van der Waals surface area contributed by atoms with E-state index < -0.39 is 0 Å². The van der Waals surface area contributed by atoms with Gasteiger partial charge in [0.1, 0.15) is 0 Å². The highest BCUT2D eigenvalue weighted by atomic mass is 15.1. The molecule has 0 saturated heterocycles. The summed E-state index contributed by atoms with van der Waals surface area (Å²) in [6.07, 6.45) is 3.64. The zero-order chi connectivity index (χ0) is 13.7. The summed E-state index contributed by atoms with van der Waals surface area (Å²) in [6, 6.07) is 5.93. The summed E-state index contributed by atoms with van der Waals surface area (Å²) in [5, 5.41) is 5.62. The molecule has 4 heteroatoms. The summed E-state index contributed by atoms with van der Waals surface area (Å²) >= 11 is 0. The molecule has 2 rings (SSSR count). The average molecular weight is 258 g/mol. The lowest BCUT2D eigenvalue weighted by Gasteiger charge is -2.19. The minimum absolute atomic E-state index is 0.798. The fourth-order valence-electron chi connectivity index (χ4n) is 2.26. The number of fused-ring (bicyclic) bond motifs is 1. The molecule has 0 amide bonds. The lowest BCUT2D eigenvalue weighted by molar-refractivity contribution is 0.316. The van der Waals surface area contributed by atoms with E-state index in [1.807, 2.05) is 24.4 Å². The SMILES string of the molecule is CCN(CC)CCNc1ccc(N)c2ccncc12. The molecule has 3 N–H and O–H groups in total. The maximum Gasteiger partial charge on any atom is 0.0437 e. The van der Waals surface area contributed by atoms with E-state index in [1.165, 1.54) is 0 Å². The van der Waals surface area contributed by atoms with Gasteiger partial charge in [0.2, 0.25) is 0 Å². The van der Waals surface area contributed by atoms with E-state index in [0.717, 1.165) is 48.3 Å². The predicted molar refractivity (Wildman–Crippen MR) is 82.4 cm³/mol. The standard InChI is InChI=1S/C15H22N4/c1-3-19(4-2)10-9-18-15-6-5-14(16)12-7-8-17-11-13(12)15/h5-8,11,18H,3-4,9-10,16H2,1-2H3. The normalized spacial score (nSPS) is 11.1. The molecule has 102 valence electrons. The van der Waals surface area contributed by atoms with Crippen LogP contribution >= 0.6 is 0 Å². The number of hydrogen-bond acceptors (Lipinski definition) is 4. The third-order valence-electron chi connectivity index (χ3n) is 3.49. The molecular formula is C15H22N4. The Hall–Kier alpha value is -1.81. The van der Waals surface area contributed by atoms with E-state index >= 15 is 0 Å². The van der Waals surface area contributed by atoms with Crippen molar-refractivity contribution >= 4 is 22.1 Å². The zero-order valence-electron chi connectivity index (χ0n) is 11.7. The van der Waals surface area contributed by atoms with Crippen LogP contribution in [0.3, 0.4) is 0 Å². The molecule has 19 heavy (non-hydrogen) atoms. The van der Waals surface area contributed by atoms with Gasteiger partial charge in [-0.05, 0) is 31.3 Å². The minimum Gasteiger partial charge on any atom is -0.398 e. The van der Waals surface area contributed by atoms with Crippen molar-refractivity contribution in [1.82, 2.24) is 9.88 Å². The topological polar surface area (TPSA) is 54.2 Å². The van der Waals surface area contributed by atoms with Crippen LogP contribution in [0.15, 0.2) is 30.6 Å². The fraction of sp³-hybridized carbons (Fsp3) is 0.400. The number of nitrogen functional groups attached to an aromatic ring is 1. The number of anilines is 2. The van der Waals surface area contributed by atoms with Gasteiger partial charge >= 0.3 is 0 Å². The van der Waals surface area contributed by atoms with Crippen molar-refractivity contribution in [3.63, 3.8) is 0 Å². The third kappa shape index (κ3) is 3.15. The first-order chi connectivity index (χ1) is 9.26. The molecule has 4 nitrogen and oxygen atoms in total. The van der Waals surface area contributed by atoms with Crippen molar-refractivity contribution < 1.29 is 0 Å². The van der Waals surface area contributed by atoms with Gasteiger partial charge in [-0.3, -0.25) is 4.98 Å². The number of pyridine rings is 1. The van der Waals surface area contributed by atoms with E-state index in [-0.39, 0.29) is 0 Å². The molecule has 0 atom stereocenters. The molecular weight excluding hydrogens is 236 g/mol. The molecule has 0 radical (unpaired) electrons. The first-order valence-electron chi connectivity index (χ1n) is 6.84. The Morgan fingerprint density at radius 1 is 1.16 bits per heavy atom. The van der Waals surface area contributed by atoms with Crippen LogP contribution < -0.4 is 11.1 Å². The van der Waals surface area contributed by atoms with Crippen LogP contribution in [0.5, 0.6) is 0 Å². The molecule has 2 aromatic rings. The van der Waals surface area contributed by atoms with Crippen LogP contribution in [0.1, 0.15) is 13.8 Å². The van der Waals surface area contributed by atoms with Gasteiger partial charge in [0.05, 0.1) is 0 Å². The Morgan fingerprint density at radius 2 is 1.95 bits per heavy atom. The highest BCUT2D eigenvalue weighted by molar-refractivity contribution is 6.00. The second kappa shape index (κ2) is 6.38. The summed E-state index contributed by atoms with van der Waals surface area (Å²) in [6.45, 7) is 8.51. The average Bonchev–Trinajstić information content (AvgIpc) is 2.46. The van der Waals surface area contributed by atoms with Gasteiger partial charge in [-0.15, -0.1) is 0 Å². The van der Waals surface area contributed by atoms with Gasteiger partial charge in [0, 0.05) is 47.6 Å². The lowest BCUT2D eigenvalue weighted by Crippen LogP contribution is -2.28. The quantitative estimate of drug-likeness (QED) is 0.782. The molecule has 0 spiro atoms. The molecule has 1 aromatic carbocycles. The first-order valence-corrected chi connectivity index (χ1v) is 6.84. The highest BCUT2D eigenvalue weighted by Gasteiger charge is 2.04. The predicted octanol–water partition coefficient (Wildman–Crippen LogP) is 2.57. The van der Waals surface area contributed by atoms with Crippen molar-refractivity contribution in [2.24, 2.45) is 0 Å². The van der Waals surface area contributed by atoms with Gasteiger partial charge in [-0.2, -0.15) is 0 Å². The molecule has 1 heterocycles. The Labute approximate surface area is 114 Å². The maximum absolute atomic E-state index is 5.98. The van der Waals surface area contributed by atoms with Gasteiger partial charge in [0.15, 0.2) is 0 Å². The fourth-order valence-corrected chi connectivity index (χ4v) is 2.26. The van der Waals surface area contributed by atoms with Gasteiger partial charge < -0.3 is 16.0 Å². The molecule has 0 aliphatic carbocycles. The van der Waals surface area contributed by atoms with Gasteiger partial charge in [-0.1, -0.05) is 13.8 Å². The number of nitrogens with two attached hydrogens (primary N) is 1. The monoisotopic (exact) mass is 258 g/mol. The lowest BCUT2D eigenvalue weighted by atomic mass is 10.1. The third-order valence-corrected chi connectivity index (χ3v) is 3.49. The number of rotatable bonds is 6. The number of hydrogen-bond donors (Lipinski definition) is 2. The highest BCUT2D eigenvalue weighted by Crippen LogP contribution is 2.27. The van der Waals surface area contributed by atoms with Crippen molar-refractivity contribution in [2.75, 3.05) is 37.2 Å². The summed E-state index contributed by atoms with van der Waals surface area (Å²) < 4.78 is 0. The molecule has 0 aliphatic rings. The molecule has 0 unspecified atom stereocenters. The van der Waals surface area contributed by atoms with Crippen LogP contribution in [-0.2, 0) is 0 Å². The number of nitrogens with zero attached hydrogens (tertiary/aromatic N) is 2. The second-order valence-corrected chi connectivity index (χ2v) is 4.58. The van der Waals surface area contributed by atoms with E-state index in [1.54, 1.807) is 6.20 Å². The molecule has 0 fully saturated rings. The van der Waals surface area contributed by atoms with Crippen molar-refractivity contribution in [1.29, 1.82) is 0 Å². The number of aromatic nitrogens is 1. The summed E-state index contributed by atoms with van der Waals surface area (Å²) in [5.41, 5.74) is 7.88. The maximum atomic E-state index is 5.98. The Balaban J connectivity index is 2.11. The van der Waals surface area contributed by atoms with Gasteiger partial charge in [0.25, 0.3) is 0 Å². The molecule has 0 aliphatic heterocycles. The largest absolute Gasteiger partial charge is 0.398 e. The summed E-state index contributed by atoms with van der Waals surface area (Å²) in [5.74, 6) is 0. The summed E-state index contributed by atoms with van der Waals surface area (Å²) in [4.78, 5) is 6.58.